The van der Waals surface area contributed by atoms with Gasteiger partial charge in [0.2, 0.25) is 0 Å². The lowest BCUT2D eigenvalue weighted by molar-refractivity contribution is 0.0877. The second-order valence-electron chi connectivity index (χ2n) is 28.9. The molecule has 0 aliphatic carbocycles. The van der Waals surface area contributed by atoms with E-state index in [-0.39, 0.29) is 35.4 Å². The van der Waals surface area contributed by atoms with E-state index in [0.717, 1.165) is 103 Å². The summed E-state index contributed by atoms with van der Waals surface area (Å²) in [5.41, 5.74) is 18.3. The molecular weight excluding hydrogens is 1410 g/mol. The summed E-state index contributed by atoms with van der Waals surface area (Å²) in [6.45, 7) is 0. The van der Waals surface area contributed by atoms with Crippen molar-refractivity contribution in [1.29, 1.82) is 0 Å². The number of nitrogens with zero attached hydrogens (tertiary/aromatic N) is 3. The zero-order chi connectivity index (χ0) is 77.4. The molecule has 0 bridgehead atoms. The van der Waals surface area contributed by atoms with Crippen LogP contribution in [-0.2, 0) is 0 Å². The molecule has 0 N–H and O–H groups in total. The molecule has 0 saturated heterocycles. The van der Waals surface area contributed by atoms with Crippen molar-refractivity contribution in [2.75, 3.05) is 14.7 Å². The number of rotatable bonds is 9. The Balaban J connectivity index is 0.000000112. The largest absolute Gasteiger partial charge is 0.268 e. The maximum absolute atomic E-state index is 13.8. The molecule has 19 aromatic rings. The molecule has 540 valence electrons. The molecular formula is C106H65N3O6. The van der Waals surface area contributed by atoms with Gasteiger partial charge in [0.15, 0.2) is 0 Å². The van der Waals surface area contributed by atoms with Gasteiger partial charge < -0.3 is 0 Å². The molecule has 0 spiro atoms. The number of amides is 6. The van der Waals surface area contributed by atoms with Gasteiger partial charge in [0.25, 0.3) is 35.4 Å². The minimum absolute atomic E-state index is 0.293. The minimum Gasteiger partial charge on any atom is -0.268 e. The molecule has 115 heavy (non-hydrogen) atoms. The Kier molecular flexibility index (Phi) is 16.9. The van der Waals surface area contributed by atoms with Gasteiger partial charge in [-0.1, -0.05) is 309 Å². The van der Waals surface area contributed by atoms with Gasteiger partial charge in [0.1, 0.15) is 0 Å². The Morgan fingerprint density at radius 3 is 0.826 bits per heavy atom. The Hall–Kier alpha value is -15.6. The van der Waals surface area contributed by atoms with Crippen LogP contribution < -0.4 is 14.7 Å². The summed E-state index contributed by atoms with van der Waals surface area (Å²) >= 11 is 0. The summed E-state index contributed by atoms with van der Waals surface area (Å²) in [7, 11) is 0. The first kappa shape index (κ1) is 68.7. The highest BCUT2D eigenvalue weighted by Crippen LogP contribution is 2.49. The van der Waals surface area contributed by atoms with Gasteiger partial charge in [0.05, 0.1) is 17.1 Å². The van der Waals surface area contributed by atoms with E-state index in [1.165, 1.54) is 48.1 Å². The molecule has 0 unspecified atom stereocenters. The van der Waals surface area contributed by atoms with Crippen LogP contribution in [0.5, 0.6) is 0 Å². The molecule has 3 aliphatic rings. The zero-order valence-corrected chi connectivity index (χ0v) is 61.8. The molecule has 0 aromatic heterocycles. The standard InChI is InChI=1S/C38H23NO2.2C34H21NO2/c40-37-32-21-11-20-30-31(22-23-33(36(30)32)38(41)39(37)25-14-5-2-6-15-25)35-28-18-9-7-16-26(28)34(24-12-3-1-4-13-24)27-17-8-10-19-29(27)35;36-33-30-17-9-16-29-28(20-21-31(32(29)30)34(37)35(33)23-12-5-2-6-13-23)27-19-18-24(22-10-3-1-4-11-22)25-14-7-8-15-26(25)27;36-33-30-13-7-12-29-28(18-19-31(32(29)30)34(37)35(33)27-10-5-2-6-11-27)26-17-16-24-20-23(14-15-25(24)21-26)22-8-3-1-4-9-22/h1-23H;2*1-21H. The molecule has 0 radical (unpaired) electrons. The van der Waals surface area contributed by atoms with E-state index in [1.807, 2.05) is 158 Å². The number of carbonyl (C=O) groups excluding carboxylic acids is 6. The van der Waals surface area contributed by atoms with Crippen LogP contribution in [0.25, 0.3) is 142 Å². The van der Waals surface area contributed by atoms with Crippen LogP contribution in [0.15, 0.2) is 394 Å². The van der Waals surface area contributed by atoms with Gasteiger partial charge in [-0.2, -0.15) is 0 Å². The lowest BCUT2D eigenvalue weighted by Crippen LogP contribution is -2.40. The van der Waals surface area contributed by atoms with Crippen molar-refractivity contribution in [3.63, 3.8) is 0 Å². The Morgan fingerprint density at radius 1 is 0.148 bits per heavy atom. The smallest absolute Gasteiger partial charge is 0.265 e. The number of hydrogen-bond acceptors (Lipinski definition) is 6. The first-order chi connectivity index (χ1) is 56.6. The molecule has 9 nitrogen and oxygen atoms in total. The average molecular weight is 1480 g/mol. The third-order valence-electron chi connectivity index (χ3n) is 22.6. The van der Waals surface area contributed by atoms with Crippen molar-refractivity contribution in [3.8, 4) is 66.8 Å². The molecule has 0 saturated carbocycles. The number of anilines is 3. The summed E-state index contributed by atoms with van der Waals surface area (Å²) in [5.74, 6) is -1.78. The lowest BCUT2D eigenvalue weighted by atomic mass is 9.83. The zero-order valence-electron chi connectivity index (χ0n) is 61.8. The predicted molar refractivity (Wildman–Crippen MR) is 467 cm³/mol. The highest BCUT2D eigenvalue weighted by atomic mass is 16.2. The monoisotopic (exact) mass is 1480 g/mol. The quantitative estimate of drug-likeness (QED) is 0.105. The van der Waals surface area contributed by atoms with Gasteiger partial charge in [-0.3, -0.25) is 28.8 Å². The normalized spacial score (nSPS) is 12.9. The van der Waals surface area contributed by atoms with Crippen molar-refractivity contribution in [2.45, 2.75) is 0 Å². The summed E-state index contributed by atoms with van der Waals surface area (Å²) in [6.07, 6.45) is 0. The Bertz CT molecular complexity index is 7150. The number of benzene rings is 19. The van der Waals surface area contributed by atoms with E-state index in [0.29, 0.717) is 55.8 Å². The fourth-order valence-corrected chi connectivity index (χ4v) is 17.4. The Morgan fingerprint density at radius 2 is 0.409 bits per heavy atom. The number of fused-ring (bicyclic) bond motifs is 4. The molecule has 3 aliphatic heterocycles. The molecule has 19 aromatic carbocycles. The van der Waals surface area contributed by atoms with Crippen molar-refractivity contribution in [2.24, 2.45) is 0 Å². The van der Waals surface area contributed by atoms with Gasteiger partial charge in [0, 0.05) is 49.5 Å². The summed E-state index contributed by atoms with van der Waals surface area (Å²) in [4.78, 5) is 85.6. The minimum atomic E-state index is -0.300. The van der Waals surface area contributed by atoms with Crippen LogP contribution in [0.4, 0.5) is 17.1 Å². The van der Waals surface area contributed by atoms with Crippen molar-refractivity contribution in [3.05, 3.63) is 428 Å². The first-order valence-corrected chi connectivity index (χ1v) is 38.3. The van der Waals surface area contributed by atoms with E-state index in [9.17, 15) is 28.8 Å². The maximum Gasteiger partial charge on any atom is 0.265 e. The molecule has 3 heterocycles. The van der Waals surface area contributed by atoms with Gasteiger partial charge in [-0.05, 0) is 211 Å². The topological polar surface area (TPSA) is 112 Å². The van der Waals surface area contributed by atoms with E-state index in [2.05, 4.69) is 200 Å². The number of hydrogen-bond donors (Lipinski definition) is 0. The summed E-state index contributed by atoms with van der Waals surface area (Å²) < 4.78 is 0. The maximum atomic E-state index is 13.8. The van der Waals surface area contributed by atoms with Crippen LogP contribution >= 0.6 is 0 Å². The van der Waals surface area contributed by atoms with E-state index in [4.69, 9.17) is 0 Å². The molecule has 6 amide bonds. The number of carbonyl (C=O) groups is 6. The fourth-order valence-electron chi connectivity index (χ4n) is 17.4. The van der Waals surface area contributed by atoms with Gasteiger partial charge in [-0.25, -0.2) is 14.7 Å². The van der Waals surface area contributed by atoms with Crippen LogP contribution in [0.2, 0.25) is 0 Å². The predicted octanol–water partition coefficient (Wildman–Crippen LogP) is 25.5. The number of imide groups is 3. The van der Waals surface area contributed by atoms with Crippen molar-refractivity contribution >= 4 is 128 Å². The molecule has 0 fully saturated rings. The highest BCUT2D eigenvalue weighted by Gasteiger charge is 2.38. The molecule has 0 atom stereocenters. The Labute approximate surface area is 661 Å². The summed E-state index contributed by atoms with van der Waals surface area (Å²) in [6, 6.07) is 130. The van der Waals surface area contributed by atoms with Crippen LogP contribution in [0.1, 0.15) is 62.1 Å². The highest BCUT2D eigenvalue weighted by molar-refractivity contribution is 6.40. The van der Waals surface area contributed by atoms with Crippen LogP contribution in [-0.4, -0.2) is 35.4 Å². The average Bonchev–Trinajstić information content (AvgIpc) is 0.758. The van der Waals surface area contributed by atoms with E-state index < -0.39 is 0 Å². The van der Waals surface area contributed by atoms with Crippen LogP contribution in [0, 0.1) is 0 Å². The summed E-state index contributed by atoms with van der Waals surface area (Å²) in [5, 5.41) is 14.0. The number of para-hydroxylation sites is 3. The molecule has 22 rings (SSSR count). The van der Waals surface area contributed by atoms with Gasteiger partial charge in [-0.15, -0.1) is 0 Å². The van der Waals surface area contributed by atoms with Gasteiger partial charge >= 0.3 is 0 Å². The SMILES string of the molecule is O=C1c2cccc3c(-c4c5ccccc5c(-c5ccccc5)c5ccccc45)ccc(c23)C(=O)N1c1ccccc1.O=C1c2cccc3c(-c4ccc(-c5ccccc5)c5ccccc45)ccc(c23)C(=O)N1c1ccccc1.O=C1c2cccc3c(-c4ccc5cc(-c6ccccc6)ccc5c4)ccc(c23)C(=O)N1c1ccccc1. The first-order valence-electron chi connectivity index (χ1n) is 38.3. The third kappa shape index (κ3) is 11.6. The van der Waals surface area contributed by atoms with E-state index in [1.54, 1.807) is 36.4 Å². The molecule has 9 heteroatoms. The van der Waals surface area contributed by atoms with Crippen LogP contribution in [0.3, 0.4) is 0 Å². The van der Waals surface area contributed by atoms with Crippen molar-refractivity contribution < 1.29 is 28.8 Å². The second kappa shape index (κ2) is 28.4. The van der Waals surface area contributed by atoms with E-state index >= 15 is 0 Å². The fraction of sp³-hybridized carbons (Fsp3) is 0. The second-order valence-corrected chi connectivity index (χ2v) is 28.9. The van der Waals surface area contributed by atoms with Crippen molar-refractivity contribution in [1.82, 2.24) is 0 Å². The lowest BCUT2D eigenvalue weighted by Gasteiger charge is -2.28. The third-order valence-corrected chi connectivity index (χ3v) is 22.6.